The largest absolute Gasteiger partial charge is 0.378 e. The molecule has 2 N–H and O–H groups in total. The molecule has 1 fully saturated rings. The van der Waals surface area contributed by atoms with Crippen LogP contribution in [0.2, 0.25) is 0 Å². The van der Waals surface area contributed by atoms with E-state index < -0.39 is 0 Å². The lowest BCUT2D eigenvalue weighted by molar-refractivity contribution is -0.114. The van der Waals surface area contributed by atoms with Gasteiger partial charge in [0.1, 0.15) is 0 Å². The van der Waals surface area contributed by atoms with Crippen LogP contribution in [-0.2, 0) is 9.53 Å². The predicted octanol–water partition coefficient (Wildman–Crippen LogP) is 3.19. The summed E-state index contributed by atoms with van der Waals surface area (Å²) in [5.74, 6) is -0.0580. The highest BCUT2D eigenvalue weighted by Gasteiger charge is 2.11. The number of morpholine rings is 1. The smallest absolute Gasteiger partial charge is 0.243 e. The number of amides is 1. The molecule has 2 aromatic carbocycles. The Bertz CT molecular complexity index is 722. The van der Waals surface area contributed by atoms with E-state index in [2.05, 4.69) is 41.5 Å². The Hall–Kier alpha value is -2.53. The number of rotatable bonds is 5. The molecule has 132 valence electrons. The Kier molecular flexibility index (Phi) is 5.56. The van der Waals surface area contributed by atoms with Crippen molar-refractivity contribution < 1.29 is 9.53 Å². The van der Waals surface area contributed by atoms with Gasteiger partial charge in [-0.2, -0.15) is 0 Å². The molecule has 0 spiro atoms. The normalized spacial score (nSPS) is 14.2. The molecule has 5 nitrogen and oxygen atoms in total. The van der Waals surface area contributed by atoms with Crippen molar-refractivity contribution in [3.8, 4) is 0 Å². The standard InChI is InChI=1S/C20H25N3O2/c1-15-3-4-18(13-16(15)2)21-14-20(24)22-17-5-7-19(8-6-17)23-9-11-25-12-10-23/h3-8,13,21H,9-12,14H2,1-2H3,(H,22,24). The van der Waals surface area contributed by atoms with Gasteiger partial charge in [-0.05, 0) is 61.4 Å². The number of carbonyl (C=O) groups excluding carboxylic acids is 1. The summed E-state index contributed by atoms with van der Waals surface area (Å²) in [6.45, 7) is 7.74. The summed E-state index contributed by atoms with van der Waals surface area (Å²) in [6, 6.07) is 14.1. The van der Waals surface area contributed by atoms with Crippen LogP contribution in [0, 0.1) is 13.8 Å². The van der Waals surface area contributed by atoms with Crippen molar-refractivity contribution in [1.82, 2.24) is 0 Å². The SMILES string of the molecule is Cc1ccc(NCC(=O)Nc2ccc(N3CCOCC3)cc2)cc1C. The lowest BCUT2D eigenvalue weighted by atomic mass is 10.1. The summed E-state index contributed by atoms with van der Waals surface area (Å²) >= 11 is 0. The number of carbonyl (C=O) groups is 1. The Labute approximate surface area is 149 Å². The number of aryl methyl sites for hydroxylation is 2. The van der Waals surface area contributed by atoms with Gasteiger partial charge in [-0.3, -0.25) is 4.79 Å². The number of hydrogen-bond donors (Lipinski definition) is 2. The second kappa shape index (κ2) is 8.03. The number of benzene rings is 2. The van der Waals surface area contributed by atoms with Crippen LogP contribution >= 0.6 is 0 Å². The average Bonchev–Trinajstić information content (AvgIpc) is 2.64. The fourth-order valence-electron chi connectivity index (χ4n) is 2.82. The monoisotopic (exact) mass is 339 g/mol. The highest BCUT2D eigenvalue weighted by Crippen LogP contribution is 2.19. The van der Waals surface area contributed by atoms with Gasteiger partial charge in [-0.1, -0.05) is 6.07 Å². The maximum absolute atomic E-state index is 12.1. The second-order valence-electron chi connectivity index (χ2n) is 6.35. The van der Waals surface area contributed by atoms with Crippen LogP contribution in [-0.4, -0.2) is 38.8 Å². The minimum absolute atomic E-state index is 0.0580. The molecule has 3 rings (SSSR count). The molecular weight excluding hydrogens is 314 g/mol. The van der Waals surface area contributed by atoms with Gasteiger partial charge in [0.15, 0.2) is 0 Å². The Morgan fingerprint density at radius 1 is 1.00 bits per heavy atom. The molecule has 1 aliphatic heterocycles. The first-order valence-electron chi connectivity index (χ1n) is 8.65. The predicted molar refractivity (Wildman–Crippen MR) is 103 cm³/mol. The van der Waals surface area contributed by atoms with E-state index in [0.717, 1.165) is 43.4 Å². The highest BCUT2D eigenvalue weighted by molar-refractivity contribution is 5.93. The lowest BCUT2D eigenvalue weighted by Crippen LogP contribution is -2.36. The van der Waals surface area contributed by atoms with Crippen LogP contribution in [0.4, 0.5) is 17.1 Å². The van der Waals surface area contributed by atoms with Gasteiger partial charge in [-0.25, -0.2) is 0 Å². The molecule has 2 aromatic rings. The molecule has 0 saturated carbocycles. The zero-order valence-electron chi connectivity index (χ0n) is 14.8. The van der Waals surface area contributed by atoms with E-state index in [4.69, 9.17) is 4.74 Å². The van der Waals surface area contributed by atoms with Crippen LogP contribution in [0.15, 0.2) is 42.5 Å². The first-order valence-corrected chi connectivity index (χ1v) is 8.65. The molecule has 0 bridgehead atoms. The first-order chi connectivity index (χ1) is 12.1. The quantitative estimate of drug-likeness (QED) is 0.878. The molecule has 0 atom stereocenters. The minimum atomic E-state index is -0.0580. The number of nitrogens with zero attached hydrogens (tertiary/aromatic N) is 1. The van der Waals surface area contributed by atoms with Gasteiger partial charge in [0, 0.05) is 30.2 Å². The van der Waals surface area contributed by atoms with Crippen LogP contribution in [0.25, 0.3) is 0 Å². The summed E-state index contributed by atoms with van der Waals surface area (Å²) < 4.78 is 5.37. The molecule has 1 amide bonds. The third-order valence-electron chi connectivity index (χ3n) is 4.49. The van der Waals surface area contributed by atoms with Crippen molar-refractivity contribution in [2.45, 2.75) is 13.8 Å². The summed E-state index contributed by atoms with van der Waals surface area (Å²) in [7, 11) is 0. The van der Waals surface area contributed by atoms with Crippen LogP contribution < -0.4 is 15.5 Å². The number of anilines is 3. The topological polar surface area (TPSA) is 53.6 Å². The van der Waals surface area contributed by atoms with E-state index in [1.165, 1.54) is 11.1 Å². The number of hydrogen-bond acceptors (Lipinski definition) is 4. The van der Waals surface area contributed by atoms with Crippen LogP contribution in [0.1, 0.15) is 11.1 Å². The Morgan fingerprint density at radius 2 is 1.68 bits per heavy atom. The number of nitrogens with one attached hydrogen (secondary N) is 2. The van der Waals surface area contributed by atoms with Crippen LogP contribution in [0.5, 0.6) is 0 Å². The van der Waals surface area contributed by atoms with Gasteiger partial charge in [0.2, 0.25) is 5.91 Å². The van der Waals surface area contributed by atoms with E-state index in [0.29, 0.717) is 0 Å². The maximum Gasteiger partial charge on any atom is 0.243 e. The molecule has 0 unspecified atom stereocenters. The summed E-state index contributed by atoms with van der Waals surface area (Å²) in [6.07, 6.45) is 0. The Balaban J connectivity index is 1.51. The van der Waals surface area contributed by atoms with E-state index in [1.54, 1.807) is 0 Å². The molecular formula is C20H25N3O2. The van der Waals surface area contributed by atoms with Crippen molar-refractivity contribution in [2.75, 3.05) is 48.4 Å². The summed E-state index contributed by atoms with van der Waals surface area (Å²) in [5, 5.41) is 6.09. The summed E-state index contributed by atoms with van der Waals surface area (Å²) in [4.78, 5) is 14.4. The summed E-state index contributed by atoms with van der Waals surface area (Å²) in [5.41, 5.74) is 5.39. The minimum Gasteiger partial charge on any atom is -0.378 e. The van der Waals surface area contributed by atoms with Crippen molar-refractivity contribution in [3.05, 3.63) is 53.6 Å². The van der Waals surface area contributed by atoms with E-state index >= 15 is 0 Å². The van der Waals surface area contributed by atoms with E-state index in [1.807, 2.05) is 30.3 Å². The molecule has 1 saturated heterocycles. The average molecular weight is 339 g/mol. The van der Waals surface area contributed by atoms with Gasteiger partial charge < -0.3 is 20.3 Å². The second-order valence-corrected chi connectivity index (χ2v) is 6.35. The molecule has 1 heterocycles. The van der Waals surface area contributed by atoms with Crippen molar-refractivity contribution in [3.63, 3.8) is 0 Å². The van der Waals surface area contributed by atoms with Gasteiger partial charge in [0.05, 0.1) is 19.8 Å². The van der Waals surface area contributed by atoms with Crippen molar-refractivity contribution in [1.29, 1.82) is 0 Å². The Morgan fingerprint density at radius 3 is 2.36 bits per heavy atom. The van der Waals surface area contributed by atoms with Crippen LogP contribution in [0.3, 0.4) is 0 Å². The molecule has 25 heavy (non-hydrogen) atoms. The number of ether oxygens (including phenoxy) is 1. The fraction of sp³-hybridized carbons (Fsp3) is 0.350. The fourth-order valence-corrected chi connectivity index (χ4v) is 2.82. The van der Waals surface area contributed by atoms with Crippen molar-refractivity contribution in [2.24, 2.45) is 0 Å². The zero-order valence-corrected chi connectivity index (χ0v) is 14.8. The highest BCUT2D eigenvalue weighted by atomic mass is 16.5. The van der Waals surface area contributed by atoms with E-state index in [9.17, 15) is 4.79 Å². The maximum atomic E-state index is 12.1. The lowest BCUT2D eigenvalue weighted by Gasteiger charge is -2.28. The third-order valence-corrected chi connectivity index (χ3v) is 4.49. The molecule has 0 radical (unpaired) electrons. The molecule has 1 aliphatic rings. The van der Waals surface area contributed by atoms with Gasteiger partial charge in [0.25, 0.3) is 0 Å². The first kappa shape index (κ1) is 17.3. The molecule has 0 aliphatic carbocycles. The van der Waals surface area contributed by atoms with Crippen molar-refractivity contribution >= 4 is 23.0 Å². The van der Waals surface area contributed by atoms with Gasteiger partial charge in [-0.15, -0.1) is 0 Å². The molecule has 0 aromatic heterocycles. The zero-order chi connectivity index (χ0) is 17.6. The third kappa shape index (κ3) is 4.73. The molecule has 5 heteroatoms. The van der Waals surface area contributed by atoms with Gasteiger partial charge >= 0.3 is 0 Å². The van der Waals surface area contributed by atoms with E-state index in [-0.39, 0.29) is 12.5 Å².